The minimum atomic E-state index is -0.297. The maximum Gasteiger partial charge on any atom is 0.115 e. The van der Waals surface area contributed by atoms with Crippen LogP contribution in [0.15, 0.2) is 0 Å². The minimum Gasteiger partial charge on any atom is -0.386 e. The first-order valence-electron chi connectivity index (χ1n) is 3.93. The number of nitrogens with two attached hydrogens (primary N) is 2. The van der Waals surface area contributed by atoms with E-state index in [2.05, 4.69) is 13.8 Å². The monoisotopic (exact) mass is 276 g/mol. The highest BCUT2D eigenvalue weighted by Crippen LogP contribution is 2.63. The molecular formula is C6H17N2PS4. The molecule has 80 valence electrons. The van der Waals surface area contributed by atoms with Gasteiger partial charge >= 0.3 is 0 Å². The molecule has 0 aromatic heterocycles. The summed E-state index contributed by atoms with van der Waals surface area (Å²) < 4.78 is 1.35. The van der Waals surface area contributed by atoms with Crippen molar-refractivity contribution < 1.29 is 0 Å². The standard InChI is InChI=1S/C6H17N2PS4/c1-3-12(5(7)10)9-13(4-2)6(8)11/h9,12-13H,3-4H2,1-2H3,(H2,7,10)(H2,8,11). The van der Waals surface area contributed by atoms with Gasteiger partial charge in [0.15, 0.2) is 0 Å². The third-order valence-corrected chi connectivity index (χ3v) is 15.6. The van der Waals surface area contributed by atoms with Gasteiger partial charge in [0.2, 0.25) is 0 Å². The molecule has 2 atom stereocenters. The molecule has 0 rings (SSSR count). The molecule has 0 spiro atoms. The fourth-order valence-corrected chi connectivity index (χ4v) is 14.3. The maximum absolute atomic E-state index is 5.64. The highest BCUT2D eigenvalue weighted by Gasteiger charge is 2.11. The predicted octanol–water partition coefficient (Wildman–Crippen LogP) is 2.02. The first-order valence-corrected chi connectivity index (χ1v) is 10.5. The first kappa shape index (κ1) is 13.9. The van der Waals surface area contributed by atoms with Crippen LogP contribution in [0.3, 0.4) is 0 Å². The zero-order valence-electron chi connectivity index (χ0n) is 7.78. The molecular weight excluding hydrogens is 259 g/mol. The van der Waals surface area contributed by atoms with Crippen LogP contribution in [0.25, 0.3) is 0 Å². The van der Waals surface area contributed by atoms with Gasteiger partial charge in [-0.3, -0.25) is 0 Å². The third-order valence-electron chi connectivity index (χ3n) is 1.41. The van der Waals surface area contributed by atoms with Crippen LogP contribution in [0.5, 0.6) is 0 Å². The van der Waals surface area contributed by atoms with Crippen molar-refractivity contribution >= 4 is 61.1 Å². The molecule has 2 unspecified atom stereocenters. The van der Waals surface area contributed by atoms with Crippen LogP contribution in [0.2, 0.25) is 0 Å². The van der Waals surface area contributed by atoms with E-state index in [1.165, 1.54) is 0 Å². The zero-order valence-corrected chi connectivity index (χ0v) is 12.2. The smallest absolute Gasteiger partial charge is 0.115 e. The Morgan fingerprint density at radius 2 is 1.38 bits per heavy atom. The Morgan fingerprint density at radius 3 is 1.54 bits per heavy atom. The molecule has 0 amide bonds. The Bertz CT molecular complexity index is 179. The van der Waals surface area contributed by atoms with Crippen molar-refractivity contribution in [1.29, 1.82) is 0 Å². The van der Waals surface area contributed by atoms with Gasteiger partial charge in [0.05, 0.1) is 0 Å². The molecule has 0 aromatic carbocycles. The van der Waals surface area contributed by atoms with Crippen molar-refractivity contribution in [3.05, 3.63) is 0 Å². The SMILES string of the molecule is CC[SH](P[SH](CC)C(N)=S)C(N)=S. The van der Waals surface area contributed by atoms with Gasteiger partial charge in [0.1, 0.15) is 8.64 Å². The molecule has 0 fully saturated rings. The highest BCUT2D eigenvalue weighted by atomic mass is 33.1. The second-order valence-corrected chi connectivity index (χ2v) is 13.5. The predicted molar refractivity (Wildman–Crippen MR) is 80.9 cm³/mol. The summed E-state index contributed by atoms with van der Waals surface area (Å²) in [7, 11) is -0.593. The van der Waals surface area contributed by atoms with E-state index in [9.17, 15) is 0 Å². The normalized spacial score (nSPS) is 18.6. The van der Waals surface area contributed by atoms with Gasteiger partial charge in [-0.25, -0.2) is 0 Å². The highest BCUT2D eigenvalue weighted by molar-refractivity contribution is 9.00. The van der Waals surface area contributed by atoms with Gasteiger partial charge in [0, 0.05) is 0 Å². The lowest BCUT2D eigenvalue weighted by atomic mass is 11.0. The van der Waals surface area contributed by atoms with Gasteiger partial charge < -0.3 is 11.5 Å². The largest absolute Gasteiger partial charge is 0.386 e. The molecule has 0 aliphatic heterocycles. The summed E-state index contributed by atoms with van der Waals surface area (Å²) in [6, 6.07) is 0. The number of thiol groups is 2. The Morgan fingerprint density at radius 1 is 1.08 bits per heavy atom. The van der Waals surface area contributed by atoms with Crippen molar-refractivity contribution in [1.82, 2.24) is 0 Å². The Labute approximate surface area is 97.6 Å². The number of thiocarbonyl (C=S) groups is 2. The van der Waals surface area contributed by atoms with Crippen LogP contribution in [-0.4, -0.2) is 20.1 Å². The third kappa shape index (κ3) is 5.37. The fourth-order valence-electron chi connectivity index (χ4n) is 0.697. The lowest BCUT2D eigenvalue weighted by molar-refractivity contribution is 1.53. The van der Waals surface area contributed by atoms with Crippen LogP contribution in [0, 0.1) is 0 Å². The minimum absolute atomic E-state index is 0.297. The van der Waals surface area contributed by atoms with E-state index >= 15 is 0 Å². The summed E-state index contributed by atoms with van der Waals surface area (Å²) >= 11 is 10.0. The summed E-state index contributed by atoms with van der Waals surface area (Å²) in [6.07, 6.45) is 0. The molecule has 0 saturated heterocycles. The van der Waals surface area contributed by atoms with Crippen molar-refractivity contribution in [3.63, 3.8) is 0 Å². The van der Waals surface area contributed by atoms with E-state index in [1.54, 1.807) is 0 Å². The number of hydrogen-bond acceptors (Lipinski definition) is 2. The lowest BCUT2D eigenvalue weighted by Crippen LogP contribution is -2.10. The first-order chi connectivity index (χ1) is 6.02. The van der Waals surface area contributed by atoms with Gasteiger partial charge in [-0.15, -0.1) is 0 Å². The molecule has 0 aromatic rings. The molecule has 2 nitrogen and oxygen atoms in total. The fraction of sp³-hybridized carbons (Fsp3) is 0.667. The second kappa shape index (κ2) is 7.23. The quantitative estimate of drug-likeness (QED) is 0.360. The topological polar surface area (TPSA) is 52.0 Å². The van der Waals surface area contributed by atoms with Gasteiger partial charge in [-0.1, -0.05) is 38.3 Å². The molecule has 0 aliphatic carbocycles. The van der Waals surface area contributed by atoms with E-state index < -0.39 is 0 Å². The van der Waals surface area contributed by atoms with E-state index in [0.717, 1.165) is 18.5 Å². The van der Waals surface area contributed by atoms with E-state index in [1.807, 2.05) is 0 Å². The summed E-state index contributed by atoms with van der Waals surface area (Å²) in [5.41, 5.74) is 11.3. The molecule has 7 heteroatoms. The Hall–Kier alpha value is 0.910. The van der Waals surface area contributed by atoms with Gasteiger partial charge in [0.25, 0.3) is 0 Å². The summed E-state index contributed by atoms with van der Waals surface area (Å²) in [5, 5.41) is 0. The van der Waals surface area contributed by atoms with Gasteiger partial charge in [-0.05, 0) is 18.5 Å². The Balaban J connectivity index is 4.19. The van der Waals surface area contributed by atoms with E-state index in [4.69, 9.17) is 35.9 Å². The van der Waals surface area contributed by atoms with E-state index in [-0.39, 0.29) is 21.0 Å². The zero-order chi connectivity index (χ0) is 10.4. The molecule has 0 bridgehead atoms. The van der Waals surface area contributed by atoms with Gasteiger partial charge in [-0.2, -0.15) is 21.0 Å². The summed E-state index contributed by atoms with van der Waals surface area (Å²) in [4.78, 5) is 0. The van der Waals surface area contributed by atoms with Crippen LogP contribution >= 0.6 is 52.4 Å². The molecule has 0 radical (unpaired) electrons. The maximum atomic E-state index is 5.64. The van der Waals surface area contributed by atoms with E-state index in [0.29, 0.717) is 8.64 Å². The lowest BCUT2D eigenvalue weighted by Gasteiger charge is -2.26. The Kier molecular flexibility index (Phi) is 7.74. The van der Waals surface area contributed by atoms with Crippen molar-refractivity contribution in [2.24, 2.45) is 11.5 Å². The van der Waals surface area contributed by atoms with Crippen LogP contribution in [0.4, 0.5) is 0 Å². The molecule has 0 saturated carbocycles. The summed E-state index contributed by atoms with van der Waals surface area (Å²) in [5.74, 6) is 2.12. The van der Waals surface area contributed by atoms with Crippen LogP contribution in [0.1, 0.15) is 13.8 Å². The number of rotatable bonds is 4. The van der Waals surface area contributed by atoms with Crippen molar-refractivity contribution in [2.45, 2.75) is 13.8 Å². The van der Waals surface area contributed by atoms with Crippen LogP contribution < -0.4 is 11.5 Å². The molecule has 4 N–H and O–H groups in total. The van der Waals surface area contributed by atoms with Crippen molar-refractivity contribution in [2.75, 3.05) is 11.5 Å². The molecule has 0 heterocycles. The molecule has 13 heavy (non-hydrogen) atoms. The summed E-state index contributed by atoms with van der Waals surface area (Å²) in [6.45, 7) is 5.02. The van der Waals surface area contributed by atoms with Crippen LogP contribution in [-0.2, 0) is 0 Å². The number of hydrogen-bond donors (Lipinski definition) is 4. The molecule has 0 aliphatic rings. The average molecular weight is 276 g/mol. The average Bonchev–Trinajstić information content (AvgIpc) is 2.05. The second-order valence-electron chi connectivity index (χ2n) is 2.26. The van der Waals surface area contributed by atoms with Crippen molar-refractivity contribution in [3.8, 4) is 0 Å².